The van der Waals surface area contributed by atoms with Crippen LogP contribution in [0.1, 0.15) is 23.9 Å². The van der Waals surface area contributed by atoms with Gasteiger partial charge < -0.3 is 0 Å². The van der Waals surface area contributed by atoms with E-state index in [2.05, 4.69) is 22.3 Å². The highest BCUT2D eigenvalue weighted by Crippen LogP contribution is 2.28. The number of fused-ring (bicyclic) bond motifs is 1. The average Bonchev–Trinajstić information content (AvgIpc) is 2.84. The molecule has 76 valence electrons. The predicted octanol–water partition coefficient (Wildman–Crippen LogP) is 1.11. The molecule has 1 aromatic heterocycles. The van der Waals surface area contributed by atoms with E-state index in [4.69, 9.17) is 0 Å². The number of rotatable bonds is 1. The van der Waals surface area contributed by atoms with Gasteiger partial charge in [0.1, 0.15) is 5.82 Å². The molecule has 0 spiro atoms. The number of H-pyrrole nitrogens is 1. The van der Waals surface area contributed by atoms with E-state index < -0.39 is 0 Å². The van der Waals surface area contributed by atoms with Crippen molar-refractivity contribution in [1.82, 2.24) is 14.8 Å². The molecule has 3 rings (SSSR count). The fourth-order valence-corrected chi connectivity index (χ4v) is 2.22. The Balaban J connectivity index is 2.11. The largest absolute Gasteiger partial charge is 0.343 e. The van der Waals surface area contributed by atoms with E-state index in [9.17, 15) is 4.79 Å². The van der Waals surface area contributed by atoms with Crippen molar-refractivity contribution in [1.29, 1.82) is 0 Å². The Kier molecular flexibility index (Phi) is 1.74. The molecule has 0 amide bonds. The first-order valence-corrected chi connectivity index (χ1v) is 5.07. The van der Waals surface area contributed by atoms with E-state index in [1.165, 1.54) is 5.56 Å². The van der Waals surface area contributed by atoms with Crippen LogP contribution in [0.3, 0.4) is 0 Å². The van der Waals surface area contributed by atoms with Crippen LogP contribution in [-0.4, -0.2) is 14.8 Å². The van der Waals surface area contributed by atoms with Crippen LogP contribution in [0.5, 0.6) is 0 Å². The SMILES string of the molecule is O=c1[nH]nc2n1C(c1ccccc1)CC2. The third-order valence-corrected chi connectivity index (χ3v) is 2.91. The molecule has 4 heteroatoms. The van der Waals surface area contributed by atoms with Crippen LogP contribution >= 0.6 is 0 Å². The molecule has 1 aromatic carbocycles. The van der Waals surface area contributed by atoms with Crippen molar-refractivity contribution in [3.05, 3.63) is 52.2 Å². The van der Waals surface area contributed by atoms with Gasteiger partial charge in [0.05, 0.1) is 6.04 Å². The minimum Gasteiger partial charge on any atom is -0.271 e. The Bertz CT molecular complexity index is 526. The highest BCUT2D eigenvalue weighted by Gasteiger charge is 2.26. The topological polar surface area (TPSA) is 50.7 Å². The van der Waals surface area contributed by atoms with Crippen molar-refractivity contribution in [2.45, 2.75) is 18.9 Å². The summed E-state index contributed by atoms with van der Waals surface area (Å²) >= 11 is 0. The number of benzene rings is 1. The standard InChI is InChI=1S/C11H11N3O/c15-11-13-12-10-7-6-9(14(10)11)8-4-2-1-3-5-8/h1-5,9H,6-7H2,(H,13,15). The highest BCUT2D eigenvalue weighted by molar-refractivity contribution is 5.22. The molecule has 0 fully saturated rings. The van der Waals surface area contributed by atoms with Crippen molar-refractivity contribution < 1.29 is 0 Å². The molecule has 0 aliphatic carbocycles. The Morgan fingerprint density at radius 1 is 1.33 bits per heavy atom. The summed E-state index contributed by atoms with van der Waals surface area (Å²) in [5.74, 6) is 0.869. The quantitative estimate of drug-likeness (QED) is 0.751. The summed E-state index contributed by atoms with van der Waals surface area (Å²) in [5.41, 5.74) is 1.08. The summed E-state index contributed by atoms with van der Waals surface area (Å²) in [6.45, 7) is 0. The van der Waals surface area contributed by atoms with Gasteiger partial charge in [-0.05, 0) is 12.0 Å². The van der Waals surface area contributed by atoms with Crippen molar-refractivity contribution in [2.75, 3.05) is 0 Å². The van der Waals surface area contributed by atoms with Crippen LogP contribution in [-0.2, 0) is 6.42 Å². The average molecular weight is 201 g/mol. The van der Waals surface area contributed by atoms with Gasteiger partial charge in [-0.15, -0.1) is 0 Å². The summed E-state index contributed by atoms with van der Waals surface area (Å²) < 4.78 is 1.76. The van der Waals surface area contributed by atoms with Crippen LogP contribution in [0.15, 0.2) is 35.1 Å². The molecule has 2 heterocycles. The second kappa shape index (κ2) is 3.08. The van der Waals surface area contributed by atoms with Gasteiger partial charge in [-0.2, -0.15) is 5.10 Å². The number of nitrogens with zero attached hydrogens (tertiary/aromatic N) is 2. The zero-order valence-electron chi connectivity index (χ0n) is 8.18. The molecule has 1 unspecified atom stereocenters. The first kappa shape index (κ1) is 8.47. The normalized spacial score (nSPS) is 19.1. The fraction of sp³-hybridized carbons (Fsp3) is 0.273. The molecule has 1 aliphatic heterocycles. The molecule has 0 bridgehead atoms. The van der Waals surface area contributed by atoms with Gasteiger partial charge in [0, 0.05) is 6.42 Å². The van der Waals surface area contributed by atoms with E-state index >= 15 is 0 Å². The molecule has 0 saturated carbocycles. The summed E-state index contributed by atoms with van der Waals surface area (Å²) in [5, 5.41) is 6.49. The number of hydrogen-bond donors (Lipinski definition) is 1. The maximum Gasteiger partial charge on any atom is 0.343 e. The van der Waals surface area contributed by atoms with E-state index in [1.54, 1.807) is 4.57 Å². The van der Waals surface area contributed by atoms with Crippen LogP contribution in [0.4, 0.5) is 0 Å². The second-order valence-electron chi connectivity index (χ2n) is 3.78. The van der Waals surface area contributed by atoms with Gasteiger partial charge in [-0.25, -0.2) is 9.89 Å². The van der Waals surface area contributed by atoms with E-state index in [0.717, 1.165) is 18.7 Å². The molecule has 2 aromatic rings. The summed E-state index contributed by atoms with van der Waals surface area (Å²) in [7, 11) is 0. The first-order chi connectivity index (χ1) is 7.36. The second-order valence-corrected chi connectivity index (χ2v) is 3.78. The molecule has 1 aliphatic rings. The minimum absolute atomic E-state index is 0.101. The monoisotopic (exact) mass is 201 g/mol. The van der Waals surface area contributed by atoms with E-state index in [0.29, 0.717) is 0 Å². The van der Waals surface area contributed by atoms with Crippen molar-refractivity contribution in [3.63, 3.8) is 0 Å². The van der Waals surface area contributed by atoms with Crippen LogP contribution in [0, 0.1) is 0 Å². The number of aromatic amines is 1. The van der Waals surface area contributed by atoms with Gasteiger partial charge in [0.25, 0.3) is 0 Å². The number of hydrogen-bond acceptors (Lipinski definition) is 2. The number of aromatic nitrogens is 3. The van der Waals surface area contributed by atoms with Gasteiger partial charge in [-0.3, -0.25) is 4.57 Å². The zero-order valence-corrected chi connectivity index (χ0v) is 8.18. The lowest BCUT2D eigenvalue weighted by Gasteiger charge is -2.11. The maximum atomic E-state index is 11.5. The zero-order chi connectivity index (χ0) is 10.3. The first-order valence-electron chi connectivity index (χ1n) is 5.07. The molecular weight excluding hydrogens is 190 g/mol. The Morgan fingerprint density at radius 3 is 2.93 bits per heavy atom. The van der Waals surface area contributed by atoms with Crippen molar-refractivity contribution >= 4 is 0 Å². The summed E-state index contributed by atoms with van der Waals surface area (Å²) in [6.07, 6.45) is 1.84. The smallest absolute Gasteiger partial charge is 0.271 e. The van der Waals surface area contributed by atoms with Gasteiger partial charge in [0.15, 0.2) is 0 Å². The van der Waals surface area contributed by atoms with Gasteiger partial charge in [-0.1, -0.05) is 30.3 Å². The maximum absolute atomic E-state index is 11.5. The Labute approximate surface area is 86.6 Å². The number of aryl methyl sites for hydroxylation is 1. The lowest BCUT2D eigenvalue weighted by Crippen LogP contribution is -2.20. The highest BCUT2D eigenvalue weighted by atomic mass is 16.1. The van der Waals surface area contributed by atoms with Crippen LogP contribution in [0.2, 0.25) is 0 Å². The van der Waals surface area contributed by atoms with Crippen LogP contribution < -0.4 is 5.69 Å². The lowest BCUT2D eigenvalue weighted by atomic mass is 10.1. The van der Waals surface area contributed by atoms with Crippen molar-refractivity contribution in [3.8, 4) is 0 Å². The van der Waals surface area contributed by atoms with E-state index in [-0.39, 0.29) is 11.7 Å². The third kappa shape index (κ3) is 1.21. The minimum atomic E-state index is -0.101. The van der Waals surface area contributed by atoms with Gasteiger partial charge >= 0.3 is 5.69 Å². The van der Waals surface area contributed by atoms with Crippen LogP contribution in [0.25, 0.3) is 0 Å². The predicted molar refractivity (Wildman–Crippen MR) is 55.7 cm³/mol. The van der Waals surface area contributed by atoms with Gasteiger partial charge in [0.2, 0.25) is 0 Å². The summed E-state index contributed by atoms with van der Waals surface area (Å²) in [6, 6.07) is 10.2. The lowest BCUT2D eigenvalue weighted by molar-refractivity contribution is 0.598. The molecule has 0 saturated heterocycles. The third-order valence-electron chi connectivity index (χ3n) is 2.91. The molecule has 4 nitrogen and oxygen atoms in total. The molecule has 1 atom stereocenters. The molecule has 0 radical (unpaired) electrons. The Hall–Kier alpha value is -1.84. The van der Waals surface area contributed by atoms with E-state index in [1.807, 2.05) is 18.2 Å². The molecule has 15 heavy (non-hydrogen) atoms. The molecule has 1 N–H and O–H groups in total. The van der Waals surface area contributed by atoms with Crippen molar-refractivity contribution in [2.24, 2.45) is 0 Å². The Morgan fingerprint density at radius 2 is 2.13 bits per heavy atom. The summed E-state index contributed by atoms with van der Waals surface area (Å²) in [4.78, 5) is 11.5. The fourth-order valence-electron chi connectivity index (χ4n) is 2.22. The molecular formula is C11H11N3O. The number of nitrogens with one attached hydrogen (secondary N) is 1.